The highest BCUT2D eigenvalue weighted by molar-refractivity contribution is 7.57. The number of para-hydroxylation sites is 1. The Hall–Kier alpha value is -3.52. The minimum Gasteiger partial charge on any atom is -0.477 e. The molecule has 0 bridgehead atoms. The maximum Gasteiger partial charge on any atom is 0.355 e. The topological polar surface area (TPSA) is 102 Å². The number of hydrogen-bond acceptors (Lipinski definition) is 6. The summed E-state index contributed by atoms with van der Waals surface area (Å²) in [5.74, 6) is -3.80. The third-order valence-electron chi connectivity index (χ3n) is 5.26. The molecule has 36 heavy (non-hydrogen) atoms. The maximum absolute atomic E-state index is 15.9. The smallest absolute Gasteiger partial charge is 0.355 e. The molecule has 7 nitrogen and oxygen atoms in total. The number of nitrogens with one attached hydrogen (secondary N) is 1. The number of hydrogen-bond donors (Lipinski definition) is 2. The van der Waals surface area contributed by atoms with E-state index in [0.29, 0.717) is 10.1 Å². The van der Waals surface area contributed by atoms with Gasteiger partial charge in [-0.1, -0.05) is 54.6 Å². The lowest BCUT2D eigenvalue weighted by molar-refractivity contribution is -0.146. The molecule has 0 amide bonds. The van der Waals surface area contributed by atoms with E-state index in [1.165, 1.54) is 37.3 Å². The van der Waals surface area contributed by atoms with E-state index in [2.05, 4.69) is 5.09 Å². The summed E-state index contributed by atoms with van der Waals surface area (Å²) in [6.45, 7) is 1.43. The number of rotatable bonds is 10. The van der Waals surface area contributed by atoms with Crippen LogP contribution in [0.3, 0.4) is 0 Å². The summed E-state index contributed by atoms with van der Waals surface area (Å²) < 4.78 is 41.4. The third kappa shape index (κ3) is 5.99. The maximum atomic E-state index is 15.9. The summed E-state index contributed by atoms with van der Waals surface area (Å²) >= 11 is 1.05. The van der Waals surface area contributed by atoms with E-state index >= 15 is 4.39 Å². The molecule has 4 rings (SSSR count). The number of esters is 1. The van der Waals surface area contributed by atoms with Gasteiger partial charge in [-0.2, -0.15) is 0 Å². The van der Waals surface area contributed by atoms with Gasteiger partial charge in [0.05, 0.1) is 0 Å². The number of fused-ring (bicyclic) bond motifs is 1. The first-order chi connectivity index (χ1) is 17.2. The molecule has 3 atom stereocenters. The van der Waals surface area contributed by atoms with E-state index in [1.54, 1.807) is 36.4 Å². The van der Waals surface area contributed by atoms with Gasteiger partial charge in [-0.3, -0.25) is 9.36 Å². The van der Waals surface area contributed by atoms with E-state index in [0.717, 1.165) is 16.9 Å². The molecule has 2 unspecified atom stereocenters. The number of halogens is 1. The van der Waals surface area contributed by atoms with E-state index in [9.17, 15) is 19.3 Å². The molecule has 0 saturated heterocycles. The molecule has 1 heterocycles. The van der Waals surface area contributed by atoms with Crippen molar-refractivity contribution < 1.29 is 32.9 Å². The van der Waals surface area contributed by atoms with Crippen molar-refractivity contribution in [3.63, 3.8) is 0 Å². The van der Waals surface area contributed by atoms with Crippen LogP contribution in [-0.2, 0) is 20.7 Å². The number of thiophene rings is 1. The highest BCUT2D eigenvalue weighted by Gasteiger charge is 2.40. The summed E-state index contributed by atoms with van der Waals surface area (Å²) in [5, 5.41) is 12.3. The first-order valence-corrected chi connectivity index (χ1v) is 13.5. The predicted molar refractivity (Wildman–Crippen MR) is 136 cm³/mol. The fourth-order valence-electron chi connectivity index (χ4n) is 3.46. The van der Waals surface area contributed by atoms with E-state index in [1.807, 2.05) is 18.2 Å². The Bertz CT molecular complexity index is 1410. The van der Waals surface area contributed by atoms with Crippen LogP contribution in [-0.4, -0.2) is 23.1 Å². The second kappa shape index (κ2) is 11.0. The predicted octanol–water partition coefficient (Wildman–Crippen LogP) is 6.56. The second-order valence-electron chi connectivity index (χ2n) is 7.99. The molecule has 0 spiro atoms. The Labute approximate surface area is 211 Å². The largest absolute Gasteiger partial charge is 0.477 e. The van der Waals surface area contributed by atoms with Crippen LogP contribution in [0.15, 0.2) is 84.9 Å². The lowest BCUT2D eigenvalue weighted by Gasteiger charge is -2.26. The number of carbonyl (C=O) groups excluding carboxylic acids is 1. The Balaban J connectivity index is 1.58. The molecule has 2 N–H and O–H groups in total. The first-order valence-electron chi connectivity index (χ1n) is 11.0. The van der Waals surface area contributed by atoms with Crippen LogP contribution in [0.2, 0.25) is 0 Å². The number of aromatic carboxylic acids is 1. The molecule has 3 aromatic carbocycles. The molecule has 0 aliphatic heterocycles. The van der Waals surface area contributed by atoms with Crippen LogP contribution >= 0.6 is 18.9 Å². The Morgan fingerprint density at radius 2 is 1.69 bits per heavy atom. The van der Waals surface area contributed by atoms with Crippen molar-refractivity contribution in [3.05, 3.63) is 101 Å². The van der Waals surface area contributed by atoms with E-state index in [-0.39, 0.29) is 22.8 Å². The monoisotopic (exact) mass is 527 g/mol. The van der Waals surface area contributed by atoms with E-state index < -0.39 is 31.4 Å². The quantitative estimate of drug-likeness (QED) is 0.178. The van der Waals surface area contributed by atoms with Gasteiger partial charge in [0.1, 0.15) is 23.3 Å². The zero-order valence-corrected chi connectivity index (χ0v) is 20.9. The lowest BCUT2D eigenvalue weighted by atomic mass is 10.2. The van der Waals surface area contributed by atoms with Crippen molar-refractivity contribution in [3.8, 4) is 5.75 Å². The Morgan fingerprint density at radius 3 is 2.36 bits per heavy atom. The molecule has 0 aliphatic rings. The molecular weight excluding hydrogens is 504 g/mol. The zero-order chi connectivity index (χ0) is 25.7. The van der Waals surface area contributed by atoms with Gasteiger partial charge >= 0.3 is 19.5 Å². The molecule has 0 radical (unpaired) electrons. The van der Waals surface area contributed by atoms with Crippen molar-refractivity contribution in [2.75, 3.05) is 0 Å². The average Bonchev–Trinajstić information content (AvgIpc) is 3.32. The van der Waals surface area contributed by atoms with Crippen LogP contribution in [0.25, 0.3) is 10.1 Å². The minimum absolute atomic E-state index is 0.00925. The fraction of sp³-hybridized carbons (Fsp3) is 0.154. The Kier molecular flexibility index (Phi) is 7.84. The molecule has 4 aromatic rings. The fourth-order valence-corrected chi connectivity index (χ4v) is 6.26. The van der Waals surface area contributed by atoms with Gasteiger partial charge in [0.2, 0.25) is 5.91 Å². The molecule has 1 aromatic heterocycles. The number of carbonyl (C=O) groups is 2. The van der Waals surface area contributed by atoms with Crippen molar-refractivity contribution in [2.45, 2.75) is 25.5 Å². The molecule has 0 fully saturated rings. The SMILES string of the molecule is C[C@H](NP(=O)(Oc1ccccc1)C(F)c1ccc2sc(C(=O)O)cc2c1)C(=O)OCc1ccccc1. The lowest BCUT2D eigenvalue weighted by Crippen LogP contribution is -2.35. The summed E-state index contributed by atoms with van der Waals surface area (Å²) in [6.07, 6.45) is 0. The van der Waals surface area contributed by atoms with Gasteiger partial charge in [-0.15, -0.1) is 11.3 Å². The number of carboxylic acids is 1. The zero-order valence-electron chi connectivity index (χ0n) is 19.2. The van der Waals surface area contributed by atoms with Gasteiger partial charge in [0.25, 0.3) is 0 Å². The van der Waals surface area contributed by atoms with Gasteiger partial charge < -0.3 is 14.4 Å². The van der Waals surface area contributed by atoms with Gasteiger partial charge in [-0.25, -0.2) is 14.3 Å². The molecule has 10 heteroatoms. The van der Waals surface area contributed by atoms with Crippen molar-refractivity contribution >= 4 is 40.9 Å². The highest BCUT2D eigenvalue weighted by Crippen LogP contribution is 2.58. The van der Waals surface area contributed by atoms with Crippen LogP contribution in [0.4, 0.5) is 4.39 Å². The van der Waals surface area contributed by atoms with Crippen molar-refractivity contribution in [1.29, 1.82) is 0 Å². The molecule has 0 saturated carbocycles. The molecule has 0 aliphatic carbocycles. The summed E-state index contributed by atoms with van der Waals surface area (Å²) in [5.41, 5.74) is 0.795. The molecule has 186 valence electrons. The van der Waals surface area contributed by atoms with Crippen LogP contribution in [0.1, 0.15) is 33.6 Å². The van der Waals surface area contributed by atoms with Crippen molar-refractivity contribution in [2.24, 2.45) is 0 Å². The number of benzene rings is 3. The third-order valence-corrected chi connectivity index (χ3v) is 8.49. The molecular formula is C26H23FNO6PS. The standard InChI is InChI=1S/C26H23FNO6PS/c1-17(26(31)33-16-18-8-4-2-5-9-18)28-35(32,34-21-10-6-3-7-11-21)24(27)19-12-13-22-20(14-19)15-23(36-22)25(29)30/h2-15,17,24H,16H2,1H3,(H,28,32)(H,29,30)/t17-,24?,35?/m0/s1. The average molecular weight is 528 g/mol. The van der Waals surface area contributed by atoms with Gasteiger partial charge in [0.15, 0.2) is 0 Å². The highest BCUT2D eigenvalue weighted by atomic mass is 32.1. The number of carboxylic acid groups (broad SMARTS) is 1. The Morgan fingerprint density at radius 1 is 1.03 bits per heavy atom. The number of alkyl halides is 1. The minimum atomic E-state index is -4.38. The van der Waals surface area contributed by atoms with Crippen LogP contribution in [0.5, 0.6) is 5.75 Å². The van der Waals surface area contributed by atoms with Gasteiger partial charge in [-0.05, 0) is 53.8 Å². The van der Waals surface area contributed by atoms with Crippen LogP contribution in [0, 0.1) is 0 Å². The van der Waals surface area contributed by atoms with Crippen LogP contribution < -0.4 is 9.61 Å². The van der Waals surface area contributed by atoms with Gasteiger partial charge in [0, 0.05) is 4.70 Å². The van der Waals surface area contributed by atoms with Crippen molar-refractivity contribution in [1.82, 2.24) is 5.09 Å². The first kappa shape index (κ1) is 25.6. The summed E-state index contributed by atoms with van der Waals surface area (Å²) in [7, 11) is -4.38. The second-order valence-corrected chi connectivity index (χ2v) is 11.2. The summed E-state index contributed by atoms with van der Waals surface area (Å²) in [6, 6.07) is 21.8. The van der Waals surface area contributed by atoms with E-state index in [4.69, 9.17) is 9.26 Å². The summed E-state index contributed by atoms with van der Waals surface area (Å²) in [4.78, 5) is 24.0. The number of ether oxygens (including phenoxy) is 1. The normalized spacial score (nSPS) is 14.5.